The summed E-state index contributed by atoms with van der Waals surface area (Å²) in [6.07, 6.45) is 0.449. The quantitative estimate of drug-likeness (QED) is 0.787. The highest BCUT2D eigenvalue weighted by Crippen LogP contribution is 2.24. The predicted molar refractivity (Wildman–Crippen MR) is 101 cm³/mol. The third-order valence-corrected chi connectivity index (χ3v) is 4.77. The lowest BCUT2D eigenvalue weighted by atomic mass is 10.1. The van der Waals surface area contributed by atoms with E-state index in [0.717, 1.165) is 0 Å². The first kappa shape index (κ1) is 19.8. The zero-order chi connectivity index (χ0) is 19.4. The van der Waals surface area contributed by atoms with Crippen LogP contribution < -0.4 is 5.32 Å². The molecule has 1 aromatic carbocycles. The van der Waals surface area contributed by atoms with Crippen molar-refractivity contribution in [3.8, 4) is 0 Å². The van der Waals surface area contributed by atoms with E-state index in [-0.39, 0.29) is 22.5 Å². The monoisotopic (exact) mass is 413 g/mol. The van der Waals surface area contributed by atoms with Crippen molar-refractivity contribution in [2.75, 3.05) is 38.2 Å². The van der Waals surface area contributed by atoms with Crippen molar-refractivity contribution >= 4 is 34.9 Å². The third kappa shape index (κ3) is 4.87. The van der Waals surface area contributed by atoms with Gasteiger partial charge in [-0.25, -0.2) is 9.37 Å². The highest BCUT2D eigenvalue weighted by molar-refractivity contribution is 6.33. The van der Waals surface area contributed by atoms with Crippen molar-refractivity contribution in [3.05, 3.63) is 57.5 Å². The zero-order valence-corrected chi connectivity index (χ0v) is 15.8. The number of aliphatic hydroxyl groups excluding tert-OH is 1. The van der Waals surface area contributed by atoms with Crippen LogP contribution in [0.3, 0.4) is 0 Å². The molecule has 1 aromatic heterocycles. The van der Waals surface area contributed by atoms with Crippen LogP contribution in [0.25, 0.3) is 0 Å². The first-order valence-electron chi connectivity index (χ1n) is 8.35. The van der Waals surface area contributed by atoms with Gasteiger partial charge in [0.05, 0.1) is 34.9 Å². The van der Waals surface area contributed by atoms with Crippen LogP contribution in [0.5, 0.6) is 0 Å². The van der Waals surface area contributed by atoms with Gasteiger partial charge in [0.25, 0.3) is 5.91 Å². The van der Waals surface area contributed by atoms with Gasteiger partial charge in [0.2, 0.25) is 0 Å². The molecule has 0 spiro atoms. The Morgan fingerprint density at radius 3 is 2.70 bits per heavy atom. The number of aromatic nitrogens is 1. The highest BCUT2D eigenvalue weighted by atomic mass is 35.5. The van der Waals surface area contributed by atoms with E-state index in [2.05, 4.69) is 10.3 Å². The van der Waals surface area contributed by atoms with E-state index < -0.39 is 11.9 Å². The van der Waals surface area contributed by atoms with Gasteiger partial charge in [-0.2, -0.15) is 0 Å². The summed E-state index contributed by atoms with van der Waals surface area (Å²) in [5.41, 5.74) is 0.757. The van der Waals surface area contributed by atoms with Crippen LogP contribution in [0.2, 0.25) is 10.0 Å². The Hall–Kier alpha value is -1.93. The summed E-state index contributed by atoms with van der Waals surface area (Å²) in [6, 6.07) is 5.63. The molecule has 0 bridgehead atoms. The molecule has 2 aromatic rings. The van der Waals surface area contributed by atoms with Crippen molar-refractivity contribution in [1.82, 2.24) is 9.88 Å². The number of anilines is 1. The molecule has 0 radical (unpaired) electrons. The maximum Gasteiger partial charge on any atom is 0.255 e. The maximum atomic E-state index is 13.5. The standard InChI is InChI=1S/C18H18Cl2FN3O3/c19-13-2-1-11(8-15(13)21)16(25)10-23-17-14(20)7-12(9-22-17)18(26)24-3-5-27-6-4-24/h1-2,7-9,16,25H,3-6,10H2,(H,22,23). The number of halogens is 3. The third-order valence-electron chi connectivity index (χ3n) is 4.18. The fraction of sp³-hybridized carbons (Fsp3) is 0.333. The molecule has 9 heteroatoms. The summed E-state index contributed by atoms with van der Waals surface area (Å²) in [5, 5.41) is 13.3. The Morgan fingerprint density at radius 1 is 1.30 bits per heavy atom. The van der Waals surface area contributed by atoms with Gasteiger partial charge in [-0.05, 0) is 23.8 Å². The van der Waals surface area contributed by atoms with Crippen molar-refractivity contribution in [2.24, 2.45) is 0 Å². The van der Waals surface area contributed by atoms with E-state index in [4.69, 9.17) is 27.9 Å². The highest BCUT2D eigenvalue weighted by Gasteiger charge is 2.20. The molecule has 144 valence electrons. The summed E-state index contributed by atoms with van der Waals surface area (Å²) >= 11 is 11.8. The molecule has 1 aliphatic rings. The number of morpholine rings is 1. The number of nitrogens with zero attached hydrogens (tertiary/aromatic N) is 2. The molecule has 1 aliphatic heterocycles. The van der Waals surface area contributed by atoms with Gasteiger partial charge in [0.1, 0.15) is 11.6 Å². The number of hydrogen-bond donors (Lipinski definition) is 2. The minimum absolute atomic E-state index is 0.0101. The molecule has 0 aliphatic carbocycles. The van der Waals surface area contributed by atoms with Crippen molar-refractivity contribution < 1.29 is 19.0 Å². The number of carbonyl (C=O) groups is 1. The largest absolute Gasteiger partial charge is 0.387 e. The van der Waals surface area contributed by atoms with Crippen LogP contribution in [0.1, 0.15) is 22.0 Å². The summed E-state index contributed by atoms with van der Waals surface area (Å²) in [7, 11) is 0. The van der Waals surface area contributed by atoms with Gasteiger partial charge >= 0.3 is 0 Å². The molecule has 1 saturated heterocycles. The number of amides is 1. The fourth-order valence-corrected chi connectivity index (χ4v) is 3.02. The Kier molecular flexibility index (Phi) is 6.49. The predicted octanol–water partition coefficient (Wildman–Crippen LogP) is 3.15. The van der Waals surface area contributed by atoms with E-state index in [9.17, 15) is 14.3 Å². The van der Waals surface area contributed by atoms with Crippen LogP contribution in [0.15, 0.2) is 30.5 Å². The topological polar surface area (TPSA) is 74.7 Å². The number of pyridine rings is 1. The minimum atomic E-state index is -0.982. The summed E-state index contributed by atoms with van der Waals surface area (Å²) < 4.78 is 18.7. The Morgan fingerprint density at radius 2 is 2.04 bits per heavy atom. The average Bonchev–Trinajstić information content (AvgIpc) is 2.69. The van der Waals surface area contributed by atoms with Gasteiger partial charge in [0, 0.05) is 25.8 Å². The Labute approximate surface area is 165 Å². The van der Waals surface area contributed by atoms with Crippen molar-refractivity contribution in [3.63, 3.8) is 0 Å². The molecule has 3 rings (SSSR count). The second-order valence-electron chi connectivity index (χ2n) is 6.03. The number of rotatable bonds is 5. The van der Waals surface area contributed by atoms with E-state index in [1.165, 1.54) is 30.5 Å². The van der Waals surface area contributed by atoms with Crippen LogP contribution in [-0.2, 0) is 4.74 Å². The SMILES string of the molecule is O=C(c1cnc(NCC(O)c2ccc(Cl)c(F)c2)c(Cl)c1)N1CCOCC1. The number of benzene rings is 1. The normalized spacial score (nSPS) is 15.5. The van der Waals surface area contributed by atoms with E-state index >= 15 is 0 Å². The first-order valence-corrected chi connectivity index (χ1v) is 9.10. The molecule has 1 fully saturated rings. The number of carbonyl (C=O) groups excluding carboxylic acids is 1. The van der Waals surface area contributed by atoms with Crippen LogP contribution >= 0.6 is 23.2 Å². The summed E-state index contributed by atoms with van der Waals surface area (Å²) in [5.74, 6) is -0.435. The smallest absolute Gasteiger partial charge is 0.255 e. The average molecular weight is 414 g/mol. The van der Waals surface area contributed by atoms with Gasteiger partial charge in [-0.15, -0.1) is 0 Å². The number of aliphatic hydroxyl groups is 1. The lowest BCUT2D eigenvalue weighted by Gasteiger charge is -2.26. The second kappa shape index (κ2) is 8.84. The first-order chi connectivity index (χ1) is 13.0. The lowest BCUT2D eigenvalue weighted by Crippen LogP contribution is -2.40. The summed E-state index contributed by atoms with van der Waals surface area (Å²) in [6.45, 7) is 2.14. The molecule has 2 heterocycles. The van der Waals surface area contributed by atoms with Gasteiger partial charge < -0.3 is 20.1 Å². The second-order valence-corrected chi connectivity index (χ2v) is 6.84. The lowest BCUT2D eigenvalue weighted by molar-refractivity contribution is 0.0302. The number of ether oxygens (including phenoxy) is 1. The molecule has 1 atom stereocenters. The van der Waals surface area contributed by atoms with Gasteiger partial charge in [-0.1, -0.05) is 29.3 Å². The van der Waals surface area contributed by atoms with Crippen molar-refractivity contribution in [1.29, 1.82) is 0 Å². The molecule has 6 nitrogen and oxygen atoms in total. The minimum Gasteiger partial charge on any atom is -0.387 e. The van der Waals surface area contributed by atoms with Gasteiger partial charge in [0.15, 0.2) is 0 Å². The zero-order valence-electron chi connectivity index (χ0n) is 14.3. The molecule has 1 unspecified atom stereocenters. The number of hydrogen-bond acceptors (Lipinski definition) is 5. The molecule has 0 saturated carbocycles. The van der Waals surface area contributed by atoms with Gasteiger partial charge in [-0.3, -0.25) is 4.79 Å². The van der Waals surface area contributed by atoms with Crippen molar-refractivity contribution in [2.45, 2.75) is 6.10 Å². The van der Waals surface area contributed by atoms with Crippen LogP contribution in [0.4, 0.5) is 10.2 Å². The molecule has 1 amide bonds. The Balaban J connectivity index is 1.63. The fourth-order valence-electron chi connectivity index (χ4n) is 2.66. The van der Waals surface area contributed by atoms with E-state index in [1.54, 1.807) is 4.90 Å². The molecular formula is C18H18Cl2FN3O3. The Bertz CT molecular complexity index is 831. The van der Waals surface area contributed by atoms with E-state index in [0.29, 0.717) is 43.2 Å². The van der Waals surface area contributed by atoms with Crippen LogP contribution in [-0.4, -0.2) is 53.7 Å². The molecule has 27 heavy (non-hydrogen) atoms. The molecule has 2 N–H and O–H groups in total. The molecular weight excluding hydrogens is 396 g/mol. The summed E-state index contributed by atoms with van der Waals surface area (Å²) in [4.78, 5) is 18.3. The van der Waals surface area contributed by atoms with Crippen LogP contribution in [0, 0.1) is 5.82 Å². The number of nitrogens with one attached hydrogen (secondary N) is 1. The van der Waals surface area contributed by atoms with E-state index in [1.807, 2.05) is 0 Å². The maximum absolute atomic E-state index is 13.5.